The van der Waals surface area contributed by atoms with Crippen molar-refractivity contribution in [3.8, 4) is 0 Å². The first kappa shape index (κ1) is 72.8. The van der Waals surface area contributed by atoms with Crippen LogP contribution in [-0.4, -0.2) is 74.1 Å². The fourth-order valence-corrected chi connectivity index (χ4v) is 10.4. The standard InChI is InChI=1S/C36H32N4O4.C28H22F3N3O5.C9H10N2.2CO2/c1-23-11-17-28(30(19-23)39-36(43)34-21-32(41)29-9-5-6-10-33(29)44-34)35(42)38-27-15-12-24(13-16-27)7-3-4-8-25-14-18-31-26(20-25)22-37-40(31)2;1-16-6-11-19(21(14-16)34-26(37)24-15-22(35)20-4-2-3-5-23(20)39-24)25(36)33-18-9-7-17(8-10-18)12-13-32-27(38)28(29,30)31;1-7-3-4-9-8(5-7)6-10-11(9)2;2*2-1-3/h5-6,9-22H,3-4,7-8H2,1-2H3,(H,38,42)(H,39,43);2-11,14-15H,12-13H2,1H3,(H,32,38)(H,33,36)(H,34,37);3-6H,1-2H3;;. The van der Waals surface area contributed by atoms with E-state index in [0.29, 0.717) is 44.5 Å². The molecule has 4 heterocycles. The third-order valence-electron chi connectivity index (χ3n) is 15.3. The lowest BCUT2D eigenvalue weighted by atomic mass is 10.0. The monoisotopic (exact) mass is 1360 g/mol. The Bertz CT molecular complexity index is 5150. The molecule has 22 nitrogen and oxygen atoms in total. The van der Waals surface area contributed by atoms with Crippen molar-refractivity contribution in [1.29, 1.82) is 0 Å². The molecule has 0 aliphatic heterocycles. The van der Waals surface area contributed by atoms with Crippen LogP contribution in [-0.2, 0) is 57.3 Å². The van der Waals surface area contributed by atoms with Gasteiger partial charge in [0, 0.05) is 54.9 Å². The summed E-state index contributed by atoms with van der Waals surface area (Å²) in [5.74, 6) is -4.57. The number of fused-ring (bicyclic) bond motifs is 4. The van der Waals surface area contributed by atoms with Gasteiger partial charge in [0.2, 0.25) is 0 Å². The Labute approximate surface area is 567 Å². The van der Waals surface area contributed by atoms with Crippen LogP contribution in [0.5, 0.6) is 0 Å². The minimum Gasteiger partial charge on any atom is -0.451 e. The summed E-state index contributed by atoms with van der Waals surface area (Å²) in [7, 11) is 3.91. The van der Waals surface area contributed by atoms with E-state index in [2.05, 4.69) is 74.8 Å². The number of carbonyl (C=O) groups excluding carboxylic acids is 9. The normalized spacial score (nSPS) is 10.6. The second-order valence-electron chi connectivity index (χ2n) is 22.6. The highest BCUT2D eigenvalue weighted by molar-refractivity contribution is 6.13. The van der Waals surface area contributed by atoms with Gasteiger partial charge in [-0.15, -0.1) is 0 Å². The molecule has 100 heavy (non-hydrogen) atoms. The molecule has 12 rings (SSSR count). The number of hydrogen-bond donors (Lipinski definition) is 5. The van der Waals surface area contributed by atoms with Crippen molar-refractivity contribution in [2.24, 2.45) is 14.1 Å². The summed E-state index contributed by atoms with van der Waals surface area (Å²) in [4.78, 5) is 121. The SMILES string of the molecule is Cc1ccc(C(=O)Nc2ccc(CCCCc3ccc4c(cnn4C)c3)cc2)c(NC(=O)c2cc(=O)c3ccccc3o2)c1.Cc1ccc(C(=O)Nc2ccc(CCNC(=O)C(F)(F)F)cc2)c(NC(=O)c2cc(=O)c3ccccc3o2)c1.Cc1ccc2c(cnn2C)c1.O=C=O.O=C=O. The minimum atomic E-state index is -4.94. The van der Waals surface area contributed by atoms with Gasteiger partial charge in [-0.2, -0.15) is 42.5 Å². The van der Waals surface area contributed by atoms with Crippen LogP contribution in [0, 0.1) is 20.8 Å². The van der Waals surface area contributed by atoms with Crippen LogP contribution >= 0.6 is 0 Å². The van der Waals surface area contributed by atoms with Crippen molar-refractivity contribution in [1.82, 2.24) is 24.9 Å². The third-order valence-corrected chi connectivity index (χ3v) is 15.3. The Balaban J connectivity index is 0.000000207. The molecule has 4 aromatic heterocycles. The first-order chi connectivity index (χ1) is 47.9. The van der Waals surface area contributed by atoms with Gasteiger partial charge in [-0.25, -0.2) is 0 Å². The van der Waals surface area contributed by atoms with Crippen LogP contribution in [0.3, 0.4) is 0 Å². The molecular weight excluding hydrogens is 1290 g/mol. The summed E-state index contributed by atoms with van der Waals surface area (Å²) in [6.07, 6.45) is 3.61. The van der Waals surface area contributed by atoms with E-state index in [1.807, 2.05) is 67.0 Å². The van der Waals surface area contributed by atoms with Crippen LogP contribution in [0.15, 0.2) is 213 Å². The molecule has 25 heteroatoms. The van der Waals surface area contributed by atoms with Crippen LogP contribution in [0.4, 0.5) is 35.9 Å². The van der Waals surface area contributed by atoms with Crippen molar-refractivity contribution >= 4 is 108 Å². The lowest BCUT2D eigenvalue weighted by molar-refractivity contribution is -0.193. The van der Waals surface area contributed by atoms with Gasteiger partial charge < -0.3 is 35.4 Å². The number of nitrogens with zero attached hydrogens (tertiary/aromatic N) is 4. The van der Waals surface area contributed by atoms with Gasteiger partial charge >= 0.3 is 24.4 Å². The molecule has 0 saturated heterocycles. The summed E-state index contributed by atoms with van der Waals surface area (Å²) in [5, 5.41) is 24.4. The third kappa shape index (κ3) is 19.8. The lowest BCUT2D eigenvalue weighted by Gasteiger charge is -2.13. The summed E-state index contributed by atoms with van der Waals surface area (Å²) in [6, 6.07) is 52.5. The van der Waals surface area contributed by atoms with Gasteiger partial charge in [-0.1, -0.05) is 78.4 Å². The Kier molecular flexibility index (Phi) is 24.8. The number of carbonyl (C=O) groups is 5. The van der Waals surface area contributed by atoms with Gasteiger partial charge in [-0.3, -0.25) is 42.9 Å². The predicted octanol–water partition coefficient (Wildman–Crippen LogP) is 12.6. The zero-order valence-electron chi connectivity index (χ0n) is 54.4. The van der Waals surface area contributed by atoms with E-state index in [0.717, 1.165) is 54.5 Å². The maximum Gasteiger partial charge on any atom is 0.471 e. The molecule has 8 aromatic carbocycles. The van der Waals surface area contributed by atoms with E-state index in [4.69, 9.17) is 28.0 Å². The van der Waals surface area contributed by atoms with Gasteiger partial charge in [0.25, 0.3) is 23.6 Å². The summed E-state index contributed by atoms with van der Waals surface area (Å²) >= 11 is 0. The highest BCUT2D eigenvalue weighted by Crippen LogP contribution is 2.26. The zero-order chi connectivity index (χ0) is 72.0. The van der Waals surface area contributed by atoms with Gasteiger partial charge in [0.15, 0.2) is 22.4 Å². The van der Waals surface area contributed by atoms with Crippen molar-refractivity contribution in [2.45, 2.75) is 59.1 Å². The zero-order valence-corrected chi connectivity index (χ0v) is 54.4. The fourth-order valence-electron chi connectivity index (χ4n) is 10.4. The van der Waals surface area contributed by atoms with Crippen LogP contribution in [0.1, 0.15) is 88.0 Å². The van der Waals surface area contributed by atoms with Crippen molar-refractivity contribution < 1.29 is 65.2 Å². The summed E-state index contributed by atoms with van der Waals surface area (Å²) in [6.45, 7) is 5.54. The number of aromatic nitrogens is 4. The molecule has 0 aliphatic carbocycles. The topological polar surface area (TPSA) is 310 Å². The summed E-state index contributed by atoms with van der Waals surface area (Å²) < 4.78 is 51.9. The number of hydrogen-bond acceptors (Lipinski definition) is 15. The smallest absolute Gasteiger partial charge is 0.451 e. The Hall–Kier alpha value is -13.0. The average Bonchev–Trinajstić information content (AvgIpc) is 1.10. The number of anilines is 4. The molecule has 12 aromatic rings. The fraction of sp³-hybridized carbons (Fsp3) is 0.160. The Morgan fingerprint density at radius 3 is 1.31 bits per heavy atom. The van der Waals surface area contributed by atoms with Gasteiger partial charge in [0.1, 0.15) is 11.2 Å². The second kappa shape index (κ2) is 34.1. The molecule has 0 aliphatic rings. The van der Waals surface area contributed by atoms with E-state index in [1.54, 1.807) is 115 Å². The summed E-state index contributed by atoms with van der Waals surface area (Å²) in [5.41, 5.74) is 10.3. The maximum absolute atomic E-state index is 13.3. The molecule has 0 unspecified atom stereocenters. The Morgan fingerprint density at radius 2 is 0.850 bits per heavy atom. The van der Waals surface area contributed by atoms with E-state index < -0.39 is 29.8 Å². The van der Waals surface area contributed by atoms with E-state index in [9.17, 15) is 46.7 Å². The van der Waals surface area contributed by atoms with E-state index in [1.165, 1.54) is 39.0 Å². The van der Waals surface area contributed by atoms with Crippen molar-refractivity contribution in [2.75, 3.05) is 27.8 Å². The molecule has 0 radical (unpaired) electrons. The molecular formula is C75H64F3N9O13. The van der Waals surface area contributed by atoms with Gasteiger partial charge in [-0.05, 0) is 178 Å². The molecule has 5 amide bonds. The molecule has 0 fully saturated rings. The Morgan fingerprint density at radius 1 is 0.460 bits per heavy atom. The van der Waals surface area contributed by atoms with E-state index >= 15 is 0 Å². The van der Waals surface area contributed by atoms with Crippen LogP contribution in [0.25, 0.3) is 43.7 Å². The molecule has 5 N–H and O–H groups in total. The van der Waals surface area contributed by atoms with E-state index in [-0.39, 0.29) is 70.4 Å². The molecule has 0 saturated carbocycles. The largest absolute Gasteiger partial charge is 0.471 e. The van der Waals surface area contributed by atoms with Crippen LogP contribution in [0.2, 0.25) is 0 Å². The highest BCUT2D eigenvalue weighted by Gasteiger charge is 2.38. The average molecular weight is 1360 g/mol. The number of rotatable bonds is 16. The number of halogens is 3. The number of amides is 5. The first-order valence-corrected chi connectivity index (χ1v) is 30.8. The number of para-hydroxylation sites is 2. The molecule has 0 bridgehead atoms. The quantitative estimate of drug-likeness (QED) is 0.0562. The highest BCUT2D eigenvalue weighted by atomic mass is 19.4. The van der Waals surface area contributed by atoms with Gasteiger partial charge in [0.05, 0.1) is 56.7 Å². The first-order valence-electron chi connectivity index (χ1n) is 30.8. The lowest BCUT2D eigenvalue weighted by Crippen LogP contribution is -2.37. The number of nitrogens with one attached hydrogen (secondary N) is 5. The minimum absolute atomic E-state index is 0.133. The predicted molar refractivity (Wildman–Crippen MR) is 368 cm³/mol. The second-order valence-corrected chi connectivity index (χ2v) is 22.6. The van der Waals surface area contributed by atoms with Crippen molar-refractivity contribution in [3.63, 3.8) is 0 Å². The molecule has 0 atom stereocenters. The maximum atomic E-state index is 13.3. The molecule has 0 spiro atoms. The van der Waals surface area contributed by atoms with Crippen LogP contribution < -0.4 is 37.4 Å². The molecule has 508 valence electrons. The number of alkyl halides is 3. The number of benzene rings is 8. The van der Waals surface area contributed by atoms with Crippen molar-refractivity contribution in [3.05, 3.63) is 271 Å². The number of unbranched alkanes of at least 4 members (excludes halogenated alkanes) is 1. The number of aryl methyl sites for hydroxylation is 7.